The first kappa shape index (κ1) is 18.0. The van der Waals surface area contributed by atoms with Gasteiger partial charge >= 0.3 is 6.61 Å². The van der Waals surface area contributed by atoms with Gasteiger partial charge in [0.2, 0.25) is 11.8 Å². The Morgan fingerprint density at radius 1 is 1.38 bits per heavy atom. The number of aromatic nitrogens is 1. The molecule has 7 nitrogen and oxygen atoms in total. The summed E-state index contributed by atoms with van der Waals surface area (Å²) in [5, 5.41) is 12.7. The molecule has 1 aromatic heterocycles. The predicted molar refractivity (Wildman–Crippen MR) is 88.8 cm³/mol. The van der Waals surface area contributed by atoms with E-state index in [-0.39, 0.29) is 30.1 Å². The molecule has 2 N–H and O–H groups in total. The van der Waals surface area contributed by atoms with E-state index in [4.69, 9.17) is 0 Å². The van der Waals surface area contributed by atoms with Gasteiger partial charge in [-0.15, -0.1) is 0 Å². The summed E-state index contributed by atoms with van der Waals surface area (Å²) in [7, 11) is 0. The topological polar surface area (TPSA) is 91.8 Å². The van der Waals surface area contributed by atoms with Crippen molar-refractivity contribution in [2.45, 2.75) is 32.1 Å². The predicted octanol–water partition coefficient (Wildman–Crippen LogP) is 1.76. The van der Waals surface area contributed by atoms with Crippen LogP contribution in [0.5, 0.6) is 5.75 Å². The van der Waals surface area contributed by atoms with Gasteiger partial charge in [0.1, 0.15) is 11.8 Å². The van der Waals surface area contributed by atoms with Gasteiger partial charge in [-0.1, -0.05) is 0 Å². The zero-order chi connectivity index (χ0) is 18.8. The third-order valence-electron chi connectivity index (χ3n) is 4.19. The molecule has 0 unspecified atom stereocenters. The summed E-state index contributed by atoms with van der Waals surface area (Å²) < 4.78 is 29.6. The van der Waals surface area contributed by atoms with Crippen LogP contribution in [0.4, 0.5) is 14.5 Å². The van der Waals surface area contributed by atoms with E-state index in [2.05, 4.69) is 15.0 Å². The molecule has 0 bridgehead atoms. The Morgan fingerprint density at radius 3 is 2.85 bits per heavy atom. The van der Waals surface area contributed by atoms with Crippen LogP contribution in [-0.4, -0.2) is 52.1 Å². The van der Waals surface area contributed by atoms with Crippen LogP contribution in [0.15, 0.2) is 30.5 Å². The summed E-state index contributed by atoms with van der Waals surface area (Å²) in [6.45, 7) is -1.57. The standard InChI is InChI=1S/C17H17F2N3O4/c1-9(23)22-8-10(24)7-13(22)16(25)21-12-4-5-14(26-17(18)19)11-3-2-6-20-15(11)12/h2-6,10,13,17,24H,7-8H2,1H3,(H,21,25)/t10-,13-/m1/s1. The maximum Gasteiger partial charge on any atom is 0.387 e. The Morgan fingerprint density at radius 2 is 2.15 bits per heavy atom. The van der Waals surface area contributed by atoms with Gasteiger partial charge in [0, 0.05) is 31.5 Å². The highest BCUT2D eigenvalue weighted by atomic mass is 19.3. The lowest BCUT2D eigenvalue weighted by Crippen LogP contribution is -2.42. The number of benzene rings is 1. The number of β-amino-alcohol motifs (C(OH)–C–C–N with tert-alkyl or cyclic N) is 1. The molecule has 0 radical (unpaired) electrons. The van der Waals surface area contributed by atoms with Gasteiger partial charge in [0.25, 0.3) is 0 Å². The largest absolute Gasteiger partial charge is 0.434 e. The van der Waals surface area contributed by atoms with Crippen molar-refractivity contribution in [3.63, 3.8) is 0 Å². The molecule has 2 atom stereocenters. The Bertz CT molecular complexity index is 846. The molecule has 1 fully saturated rings. The summed E-state index contributed by atoms with van der Waals surface area (Å²) in [5.74, 6) is -0.848. The minimum atomic E-state index is -2.98. The number of fused-ring (bicyclic) bond motifs is 1. The summed E-state index contributed by atoms with van der Waals surface area (Å²) in [5.41, 5.74) is 0.587. The molecule has 1 aliphatic rings. The number of hydrogen-bond acceptors (Lipinski definition) is 5. The second-order valence-corrected chi connectivity index (χ2v) is 5.96. The van der Waals surface area contributed by atoms with Crippen molar-refractivity contribution in [2.24, 2.45) is 0 Å². The van der Waals surface area contributed by atoms with Gasteiger partial charge in [0.05, 0.1) is 17.3 Å². The van der Waals surface area contributed by atoms with Gasteiger partial charge in [-0.3, -0.25) is 14.6 Å². The van der Waals surface area contributed by atoms with E-state index in [0.717, 1.165) is 0 Å². The second-order valence-electron chi connectivity index (χ2n) is 5.96. The smallest absolute Gasteiger partial charge is 0.387 e. The molecule has 26 heavy (non-hydrogen) atoms. The van der Waals surface area contributed by atoms with Gasteiger partial charge in [-0.25, -0.2) is 0 Å². The number of amides is 2. The van der Waals surface area contributed by atoms with Crippen LogP contribution < -0.4 is 10.1 Å². The molecule has 2 amide bonds. The average molecular weight is 365 g/mol. The first-order chi connectivity index (χ1) is 12.4. The highest BCUT2D eigenvalue weighted by Gasteiger charge is 2.37. The number of pyridine rings is 1. The monoisotopic (exact) mass is 365 g/mol. The van der Waals surface area contributed by atoms with Gasteiger partial charge in [-0.2, -0.15) is 8.78 Å². The molecular formula is C17H17F2N3O4. The van der Waals surface area contributed by atoms with Crippen LogP contribution >= 0.6 is 0 Å². The van der Waals surface area contributed by atoms with Crippen LogP contribution in [0, 0.1) is 0 Å². The summed E-state index contributed by atoms with van der Waals surface area (Å²) in [4.78, 5) is 29.7. The van der Waals surface area contributed by atoms with E-state index in [1.165, 1.54) is 30.2 Å². The van der Waals surface area contributed by atoms with E-state index < -0.39 is 24.7 Å². The highest BCUT2D eigenvalue weighted by molar-refractivity contribution is 6.04. The SMILES string of the molecule is CC(=O)N1C[C@H](O)C[C@@H]1C(=O)Nc1ccc(OC(F)F)c2cccnc12. The molecule has 0 spiro atoms. The molecule has 0 saturated carbocycles. The highest BCUT2D eigenvalue weighted by Crippen LogP contribution is 2.31. The van der Waals surface area contributed by atoms with E-state index >= 15 is 0 Å². The number of likely N-dealkylation sites (tertiary alicyclic amines) is 1. The average Bonchev–Trinajstić information content (AvgIpc) is 2.99. The fourth-order valence-electron chi connectivity index (χ4n) is 3.07. The van der Waals surface area contributed by atoms with Crippen molar-refractivity contribution >= 4 is 28.4 Å². The molecular weight excluding hydrogens is 348 g/mol. The normalized spacial score (nSPS) is 19.8. The number of halogens is 2. The third-order valence-corrected chi connectivity index (χ3v) is 4.19. The summed E-state index contributed by atoms with van der Waals surface area (Å²) in [6.07, 6.45) is 0.820. The number of ether oxygens (including phenoxy) is 1. The minimum absolute atomic E-state index is 0.0530. The lowest BCUT2D eigenvalue weighted by molar-refractivity contribution is -0.134. The van der Waals surface area contributed by atoms with Gasteiger partial charge in [-0.05, 0) is 24.3 Å². The molecule has 2 aromatic rings. The van der Waals surface area contributed by atoms with Crippen molar-refractivity contribution in [1.29, 1.82) is 0 Å². The number of carbonyl (C=O) groups excluding carboxylic acids is 2. The zero-order valence-electron chi connectivity index (χ0n) is 13.9. The van der Waals surface area contributed by atoms with Gasteiger partial charge < -0.3 is 20.1 Å². The first-order valence-electron chi connectivity index (χ1n) is 7.95. The van der Waals surface area contributed by atoms with Crippen molar-refractivity contribution in [3.05, 3.63) is 30.5 Å². The Labute approximate surface area is 147 Å². The van der Waals surface area contributed by atoms with Gasteiger partial charge in [0.15, 0.2) is 0 Å². The number of rotatable bonds is 4. The number of alkyl halides is 2. The fraction of sp³-hybridized carbons (Fsp3) is 0.353. The minimum Gasteiger partial charge on any atom is -0.434 e. The van der Waals surface area contributed by atoms with E-state index in [0.29, 0.717) is 11.1 Å². The molecule has 2 heterocycles. The van der Waals surface area contributed by atoms with Crippen molar-refractivity contribution in [1.82, 2.24) is 9.88 Å². The maximum atomic E-state index is 12.6. The number of aliphatic hydroxyl groups is 1. The number of aliphatic hydroxyl groups excluding tert-OH is 1. The first-order valence-corrected chi connectivity index (χ1v) is 7.95. The van der Waals surface area contributed by atoms with Crippen LogP contribution in [0.25, 0.3) is 10.9 Å². The zero-order valence-corrected chi connectivity index (χ0v) is 13.9. The Hall–Kier alpha value is -2.81. The second kappa shape index (κ2) is 7.20. The number of nitrogens with one attached hydrogen (secondary N) is 1. The molecule has 1 saturated heterocycles. The van der Waals surface area contributed by atoms with E-state index in [9.17, 15) is 23.5 Å². The molecule has 1 aromatic carbocycles. The number of hydrogen-bond donors (Lipinski definition) is 2. The van der Waals surface area contributed by atoms with Crippen molar-refractivity contribution < 1.29 is 28.2 Å². The fourth-order valence-corrected chi connectivity index (χ4v) is 3.07. The Balaban J connectivity index is 1.89. The van der Waals surface area contributed by atoms with E-state index in [1.807, 2.05) is 0 Å². The lowest BCUT2D eigenvalue weighted by atomic mass is 10.1. The molecule has 3 rings (SSSR count). The molecule has 138 valence electrons. The summed E-state index contributed by atoms with van der Waals surface area (Å²) >= 11 is 0. The van der Waals surface area contributed by atoms with Crippen LogP contribution in [0.1, 0.15) is 13.3 Å². The number of anilines is 1. The summed E-state index contributed by atoms with van der Waals surface area (Å²) in [6, 6.07) is 5.04. The lowest BCUT2D eigenvalue weighted by Gasteiger charge is -2.22. The third kappa shape index (κ3) is 3.57. The Kier molecular flexibility index (Phi) is 4.99. The van der Waals surface area contributed by atoms with Crippen LogP contribution in [-0.2, 0) is 9.59 Å². The quantitative estimate of drug-likeness (QED) is 0.861. The van der Waals surface area contributed by atoms with Crippen molar-refractivity contribution in [3.8, 4) is 5.75 Å². The number of nitrogens with zero attached hydrogens (tertiary/aromatic N) is 2. The molecule has 9 heteroatoms. The van der Waals surface area contributed by atoms with Crippen LogP contribution in [0.3, 0.4) is 0 Å². The molecule has 1 aliphatic heterocycles. The van der Waals surface area contributed by atoms with Crippen molar-refractivity contribution in [2.75, 3.05) is 11.9 Å². The van der Waals surface area contributed by atoms with E-state index in [1.54, 1.807) is 12.1 Å². The van der Waals surface area contributed by atoms with Crippen LogP contribution in [0.2, 0.25) is 0 Å². The molecule has 0 aliphatic carbocycles. The number of carbonyl (C=O) groups is 2. The maximum absolute atomic E-state index is 12.6.